The number of hydrogen-bond donors (Lipinski definition) is 4. The fraction of sp³-hybridized carbons (Fsp3) is 0.750. The fourth-order valence-electron chi connectivity index (χ4n) is 0.961. The molecule has 2 N–H and O–H groups in total. The molecule has 8 heteroatoms. The van der Waals surface area contributed by atoms with E-state index in [1.807, 2.05) is 0 Å². The maximum absolute atomic E-state index is 9.69. The number of likely N-dealkylation sites (N-methyl/N-ethyl adjacent to an activating group) is 2. The molecule has 0 unspecified atom stereocenters. The van der Waals surface area contributed by atoms with Crippen molar-refractivity contribution in [2.24, 2.45) is 0 Å². The van der Waals surface area contributed by atoms with Crippen molar-refractivity contribution in [2.45, 2.75) is 12.2 Å². The zero-order chi connectivity index (χ0) is 12.9. The van der Waals surface area contributed by atoms with E-state index in [1.54, 1.807) is 23.9 Å². The molecule has 0 amide bonds. The molecule has 0 rings (SSSR count). The van der Waals surface area contributed by atoms with Crippen LogP contribution in [-0.2, 0) is 0 Å². The van der Waals surface area contributed by atoms with Crippen LogP contribution in [0.1, 0.15) is 0 Å². The number of aliphatic hydroxyl groups is 2. The zero-order valence-corrected chi connectivity index (χ0v) is 12.5. The van der Waals surface area contributed by atoms with Gasteiger partial charge in [-0.15, -0.1) is 25.3 Å². The van der Waals surface area contributed by atoms with Crippen molar-refractivity contribution in [3.8, 4) is 0 Å². The molecule has 0 bridgehead atoms. The number of rotatable bonds is 5. The summed E-state index contributed by atoms with van der Waals surface area (Å²) in [5, 5.41) is 19.4. The van der Waals surface area contributed by atoms with Crippen LogP contribution in [0.15, 0.2) is 0 Å². The summed E-state index contributed by atoms with van der Waals surface area (Å²) in [5.74, 6) is 0. The van der Waals surface area contributed by atoms with Gasteiger partial charge in [0.15, 0.2) is 0 Å². The quantitative estimate of drug-likeness (QED) is 0.424. The molecule has 0 heterocycles. The smallest absolute Gasteiger partial charge is 0.133 e. The highest BCUT2D eigenvalue weighted by atomic mass is 32.1. The summed E-state index contributed by atoms with van der Waals surface area (Å²) in [6.45, 7) is 0.438. The van der Waals surface area contributed by atoms with Crippen LogP contribution in [0.25, 0.3) is 0 Å². The molecule has 0 spiro atoms. The van der Waals surface area contributed by atoms with Crippen molar-refractivity contribution in [1.29, 1.82) is 0 Å². The van der Waals surface area contributed by atoms with E-state index in [2.05, 4.69) is 25.3 Å². The van der Waals surface area contributed by atoms with Gasteiger partial charge in [-0.2, -0.15) is 0 Å². The van der Waals surface area contributed by atoms with Crippen molar-refractivity contribution in [3.63, 3.8) is 0 Å². The monoisotopic (exact) mass is 300 g/mol. The van der Waals surface area contributed by atoms with Gasteiger partial charge in [-0.25, -0.2) is 0 Å². The van der Waals surface area contributed by atoms with E-state index in [1.165, 1.54) is 0 Å². The zero-order valence-electron chi connectivity index (χ0n) is 9.07. The molecule has 0 fully saturated rings. The number of aliphatic hydroxyl groups excluding tert-OH is 2. The SMILES string of the molecule is CN(C[C@@H](O)[C@@H](O)CN(C)C(=S)S)C(=S)S. The van der Waals surface area contributed by atoms with Gasteiger partial charge in [0.1, 0.15) is 8.64 Å². The summed E-state index contributed by atoms with van der Waals surface area (Å²) in [4.78, 5) is 3.15. The second-order valence-corrected chi connectivity index (χ2v) is 5.69. The average Bonchev–Trinajstić information content (AvgIpc) is 2.16. The summed E-state index contributed by atoms with van der Waals surface area (Å²) in [7, 11) is 3.39. The van der Waals surface area contributed by atoms with Gasteiger partial charge in [-0.1, -0.05) is 24.4 Å². The molecular weight excluding hydrogens is 284 g/mol. The van der Waals surface area contributed by atoms with Crippen LogP contribution < -0.4 is 0 Å². The first kappa shape index (κ1) is 16.4. The molecule has 2 atom stereocenters. The second kappa shape index (κ2) is 7.67. The van der Waals surface area contributed by atoms with Crippen LogP contribution in [0.4, 0.5) is 0 Å². The Hall–Kier alpha value is 0.400. The van der Waals surface area contributed by atoms with Crippen LogP contribution in [0.3, 0.4) is 0 Å². The van der Waals surface area contributed by atoms with E-state index in [0.717, 1.165) is 0 Å². The molecule has 16 heavy (non-hydrogen) atoms. The summed E-state index contributed by atoms with van der Waals surface area (Å²) in [6.07, 6.45) is -1.83. The van der Waals surface area contributed by atoms with E-state index in [4.69, 9.17) is 24.4 Å². The first-order chi connectivity index (χ1) is 7.25. The summed E-state index contributed by atoms with van der Waals surface area (Å²) < 4.78 is 0.730. The Morgan fingerprint density at radius 2 is 1.25 bits per heavy atom. The van der Waals surface area contributed by atoms with Gasteiger partial charge in [0, 0.05) is 27.2 Å². The van der Waals surface area contributed by atoms with Gasteiger partial charge in [-0.3, -0.25) is 0 Å². The van der Waals surface area contributed by atoms with Crippen molar-refractivity contribution < 1.29 is 10.2 Å². The normalized spacial score (nSPS) is 14.1. The minimum Gasteiger partial charge on any atom is -0.389 e. The Balaban J connectivity index is 4.13. The standard InChI is InChI=1S/C8H16N2O2S4/c1-9(7(13)14)3-5(11)6(12)4-10(2)8(15)16/h5-6,11-12H,3-4H2,1-2H3,(H,13,14)(H,15,16)/t5-,6+. The highest BCUT2D eigenvalue weighted by molar-refractivity contribution is 8.11. The van der Waals surface area contributed by atoms with E-state index >= 15 is 0 Å². The highest BCUT2D eigenvalue weighted by Gasteiger charge is 2.20. The molecule has 0 aliphatic carbocycles. The van der Waals surface area contributed by atoms with Gasteiger partial charge in [0.2, 0.25) is 0 Å². The Labute approximate surface area is 117 Å². The van der Waals surface area contributed by atoms with Crippen molar-refractivity contribution >= 4 is 58.3 Å². The Bertz CT molecular complexity index is 238. The molecule has 0 saturated carbocycles. The molecule has 0 aliphatic heterocycles. The number of thiol groups is 2. The lowest BCUT2D eigenvalue weighted by Crippen LogP contribution is -2.44. The highest BCUT2D eigenvalue weighted by Crippen LogP contribution is 2.03. The Morgan fingerprint density at radius 3 is 1.44 bits per heavy atom. The third-order valence-corrected chi connectivity index (χ3v) is 3.33. The molecule has 0 aromatic carbocycles. The summed E-state index contributed by atoms with van der Waals surface area (Å²) in [5.41, 5.74) is 0. The van der Waals surface area contributed by atoms with Crippen molar-refractivity contribution in [1.82, 2.24) is 9.80 Å². The van der Waals surface area contributed by atoms with E-state index in [0.29, 0.717) is 8.64 Å². The van der Waals surface area contributed by atoms with Gasteiger partial charge in [-0.05, 0) is 0 Å². The Kier molecular flexibility index (Phi) is 7.87. The predicted octanol–water partition coefficient (Wildman–Crippen LogP) is 0.00120. The van der Waals surface area contributed by atoms with Crippen LogP contribution in [-0.4, -0.2) is 68.0 Å². The molecule has 0 aromatic rings. The van der Waals surface area contributed by atoms with Crippen LogP contribution in [0, 0.1) is 0 Å². The van der Waals surface area contributed by atoms with Gasteiger partial charge in [0.25, 0.3) is 0 Å². The topological polar surface area (TPSA) is 46.9 Å². The largest absolute Gasteiger partial charge is 0.389 e. The van der Waals surface area contributed by atoms with Crippen molar-refractivity contribution in [2.75, 3.05) is 27.2 Å². The van der Waals surface area contributed by atoms with Gasteiger partial charge < -0.3 is 20.0 Å². The minimum absolute atomic E-state index is 0.219. The summed E-state index contributed by atoms with van der Waals surface area (Å²) in [6, 6.07) is 0. The third-order valence-electron chi connectivity index (χ3n) is 2.02. The molecule has 0 saturated heterocycles. The van der Waals surface area contributed by atoms with E-state index < -0.39 is 12.2 Å². The maximum atomic E-state index is 9.69. The molecular formula is C8H16N2O2S4. The molecule has 4 nitrogen and oxygen atoms in total. The van der Waals surface area contributed by atoms with Gasteiger partial charge in [0.05, 0.1) is 12.2 Å². The number of hydrogen-bond acceptors (Lipinski definition) is 4. The first-order valence-electron chi connectivity index (χ1n) is 4.50. The predicted molar refractivity (Wildman–Crippen MR) is 80.4 cm³/mol. The molecule has 94 valence electrons. The fourth-order valence-corrected chi connectivity index (χ4v) is 1.27. The van der Waals surface area contributed by atoms with Crippen LogP contribution in [0.5, 0.6) is 0 Å². The lowest BCUT2D eigenvalue weighted by atomic mass is 10.2. The summed E-state index contributed by atoms with van der Waals surface area (Å²) >= 11 is 17.5. The second-order valence-electron chi connectivity index (χ2n) is 3.46. The van der Waals surface area contributed by atoms with Crippen LogP contribution >= 0.6 is 49.7 Å². The average molecular weight is 300 g/mol. The first-order valence-corrected chi connectivity index (χ1v) is 6.21. The number of thiocarbonyl (C=S) groups is 2. The lowest BCUT2D eigenvalue weighted by Gasteiger charge is -2.27. The molecule has 0 aliphatic rings. The lowest BCUT2D eigenvalue weighted by molar-refractivity contribution is 0.00346. The van der Waals surface area contributed by atoms with Crippen molar-refractivity contribution in [3.05, 3.63) is 0 Å². The Morgan fingerprint density at radius 1 is 1.00 bits per heavy atom. The van der Waals surface area contributed by atoms with Crippen LogP contribution in [0.2, 0.25) is 0 Å². The third kappa shape index (κ3) is 6.21. The maximum Gasteiger partial charge on any atom is 0.133 e. The van der Waals surface area contributed by atoms with E-state index in [9.17, 15) is 10.2 Å². The minimum atomic E-state index is -0.916. The molecule has 0 aromatic heterocycles. The van der Waals surface area contributed by atoms with Gasteiger partial charge >= 0.3 is 0 Å². The molecule has 0 radical (unpaired) electrons. The van der Waals surface area contributed by atoms with E-state index in [-0.39, 0.29) is 13.1 Å². The number of nitrogens with zero attached hydrogens (tertiary/aromatic N) is 2.